The maximum Gasteiger partial charge on any atom is 0.249 e. The first-order valence-corrected chi connectivity index (χ1v) is 11.5. The number of hydrogen-bond acceptors (Lipinski definition) is 4. The van der Waals surface area contributed by atoms with E-state index in [2.05, 4.69) is 10.2 Å². The number of carbonyl (C=O) groups excluding carboxylic acids is 2. The van der Waals surface area contributed by atoms with E-state index in [4.69, 9.17) is 10.7 Å². The van der Waals surface area contributed by atoms with E-state index >= 15 is 0 Å². The van der Waals surface area contributed by atoms with Crippen LogP contribution in [0.1, 0.15) is 35.3 Å². The largest absolute Gasteiger partial charge is 0.366 e. The molecular formula is C26H26N6O2. The molecule has 1 aliphatic heterocycles. The van der Waals surface area contributed by atoms with Crippen LogP contribution in [0, 0.1) is 0 Å². The molecule has 4 aromatic rings. The van der Waals surface area contributed by atoms with Crippen LogP contribution in [-0.4, -0.2) is 49.6 Å². The van der Waals surface area contributed by atoms with Gasteiger partial charge in [0.2, 0.25) is 11.8 Å². The number of nitrogens with two attached hydrogens (primary N) is 1. The molecule has 172 valence electrons. The van der Waals surface area contributed by atoms with Gasteiger partial charge in [-0.05, 0) is 43.0 Å². The van der Waals surface area contributed by atoms with E-state index in [-0.39, 0.29) is 5.91 Å². The Labute approximate surface area is 197 Å². The molecule has 0 saturated carbocycles. The Morgan fingerprint density at radius 3 is 2.53 bits per heavy atom. The van der Waals surface area contributed by atoms with Gasteiger partial charge in [-0.3, -0.25) is 19.3 Å². The van der Waals surface area contributed by atoms with Gasteiger partial charge in [-0.1, -0.05) is 30.3 Å². The lowest BCUT2D eigenvalue weighted by molar-refractivity contribution is -0.130. The molecule has 0 aliphatic carbocycles. The van der Waals surface area contributed by atoms with Crippen LogP contribution in [0.3, 0.4) is 0 Å². The first-order valence-electron chi connectivity index (χ1n) is 11.5. The highest BCUT2D eigenvalue weighted by molar-refractivity contribution is 6.03. The van der Waals surface area contributed by atoms with E-state index in [1.54, 1.807) is 24.5 Å². The maximum atomic E-state index is 12.6. The van der Waals surface area contributed by atoms with Crippen LogP contribution in [0.15, 0.2) is 67.1 Å². The first kappa shape index (κ1) is 21.6. The van der Waals surface area contributed by atoms with Crippen LogP contribution >= 0.6 is 0 Å². The summed E-state index contributed by atoms with van der Waals surface area (Å²) in [5.41, 5.74) is 10.1. The van der Waals surface area contributed by atoms with Crippen LogP contribution in [-0.2, 0) is 11.2 Å². The van der Waals surface area contributed by atoms with Gasteiger partial charge < -0.3 is 10.6 Å². The lowest BCUT2D eigenvalue weighted by atomic mass is 9.96. The number of H-pyrrole nitrogens is 1. The summed E-state index contributed by atoms with van der Waals surface area (Å²) in [6.45, 7) is 1.67. The van der Waals surface area contributed by atoms with Gasteiger partial charge >= 0.3 is 0 Å². The fraction of sp³-hybridized carbons (Fsp3) is 0.231. The van der Waals surface area contributed by atoms with Crippen molar-refractivity contribution in [2.75, 3.05) is 13.1 Å². The van der Waals surface area contributed by atoms with E-state index < -0.39 is 5.91 Å². The molecule has 0 radical (unpaired) electrons. The molecule has 0 atom stereocenters. The molecule has 2 amide bonds. The fourth-order valence-corrected chi connectivity index (χ4v) is 4.51. The summed E-state index contributed by atoms with van der Waals surface area (Å²) in [4.78, 5) is 31.9. The lowest BCUT2D eigenvalue weighted by Crippen LogP contribution is -2.27. The lowest BCUT2D eigenvalue weighted by Gasteiger charge is -2.14. The Balaban J connectivity index is 1.61. The molecule has 8 nitrogen and oxygen atoms in total. The van der Waals surface area contributed by atoms with Gasteiger partial charge in [0.1, 0.15) is 5.82 Å². The number of rotatable bonds is 7. The zero-order valence-electron chi connectivity index (χ0n) is 18.8. The number of aromatic nitrogens is 4. The molecule has 2 aromatic carbocycles. The van der Waals surface area contributed by atoms with Gasteiger partial charge in [-0.25, -0.2) is 4.98 Å². The van der Waals surface area contributed by atoms with Gasteiger partial charge in [0.25, 0.3) is 0 Å². The number of imidazole rings is 1. The highest BCUT2D eigenvalue weighted by Crippen LogP contribution is 2.35. The van der Waals surface area contributed by atoms with Crippen LogP contribution in [0.2, 0.25) is 0 Å². The minimum atomic E-state index is -0.534. The zero-order valence-corrected chi connectivity index (χ0v) is 18.8. The highest BCUT2D eigenvalue weighted by atomic mass is 16.2. The number of amides is 2. The number of para-hydroxylation sites is 1. The number of nitrogens with one attached hydrogen (secondary N) is 1. The third-order valence-corrected chi connectivity index (χ3v) is 6.21. The molecule has 5 rings (SSSR count). The molecule has 1 saturated heterocycles. The molecule has 3 heterocycles. The summed E-state index contributed by atoms with van der Waals surface area (Å²) >= 11 is 0. The van der Waals surface area contributed by atoms with Crippen molar-refractivity contribution in [3.63, 3.8) is 0 Å². The molecule has 34 heavy (non-hydrogen) atoms. The molecular weight excluding hydrogens is 428 g/mol. The van der Waals surface area contributed by atoms with Gasteiger partial charge in [0.15, 0.2) is 0 Å². The van der Waals surface area contributed by atoms with Gasteiger partial charge in [0.05, 0.1) is 17.5 Å². The predicted molar refractivity (Wildman–Crippen MR) is 129 cm³/mol. The first-order chi connectivity index (χ1) is 16.6. The number of likely N-dealkylation sites (tertiary alicyclic amines) is 1. The second-order valence-electron chi connectivity index (χ2n) is 8.43. The third kappa shape index (κ3) is 4.22. The standard InChI is InChI=1S/C26H26N6O2/c27-25(34)22-10-6-9-21(18-15-28-29-16-18)24(22)26-30-19(11-12-23(33)31-13-4-5-14-31)17-32(26)20-7-2-1-3-8-20/h1-3,6-10,15-17H,4-5,11-14H2,(H2,27,34)(H,28,29). The van der Waals surface area contributed by atoms with Crippen LogP contribution in [0.25, 0.3) is 28.2 Å². The molecule has 8 heteroatoms. The van der Waals surface area contributed by atoms with Gasteiger partial charge in [-0.2, -0.15) is 5.10 Å². The Morgan fingerprint density at radius 2 is 1.82 bits per heavy atom. The van der Waals surface area contributed by atoms with Crippen molar-refractivity contribution in [3.8, 4) is 28.2 Å². The van der Waals surface area contributed by atoms with Crippen LogP contribution in [0.5, 0.6) is 0 Å². The van der Waals surface area contributed by atoms with Gasteiger partial charge in [0, 0.05) is 48.7 Å². The smallest absolute Gasteiger partial charge is 0.249 e. The molecule has 1 fully saturated rings. The number of benzene rings is 2. The van der Waals surface area contributed by atoms with Crippen molar-refractivity contribution in [1.29, 1.82) is 0 Å². The summed E-state index contributed by atoms with van der Waals surface area (Å²) in [5.74, 6) is 0.221. The second kappa shape index (κ2) is 9.35. The van der Waals surface area contributed by atoms with E-state index in [0.717, 1.165) is 48.4 Å². The van der Waals surface area contributed by atoms with Crippen molar-refractivity contribution >= 4 is 11.8 Å². The number of aromatic amines is 1. The number of primary amides is 1. The number of nitrogens with zero attached hydrogens (tertiary/aromatic N) is 4. The van der Waals surface area contributed by atoms with Crippen LogP contribution < -0.4 is 5.73 Å². The zero-order chi connectivity index (χ0) is 23.5. The summed E-state index contributed by atoms with van der Waals surface area (Å²) in [7, 11) is 0. The number of carbonyl (C=O) groups is 2. The van der Waals surface area contributed by atoms with Crippen LogP contribution in [0.4, 0.5) is 0 Å². The summed E-state index contributed by atoms with van der Waals surface area (Å²) in [5, 5.41) is 6.90. The highest BCUT2D eigenvalue weighted by Gasteiger charge is 2.23. The summed E-state index contributed by atoms with van der Waals surface area (Å²) < 4.78 is 1.96. The van der Waals surface area contributed by atoms with E-state index in [1.807, 2.05) is 52.1 Å². The molecule has 0 bridgehead atoms. The molecule has 0 unspecified atom stereocenters. The average Bonchev–Trinajstić information content (AvgIpc) is 3.64. The normalized spacial score (nSPS) is 13.4. The van der Waals surface area contributed by atoms with E-state index in [1.165, 1.54) is 0 Å². The van der Waals surface area contributed by atoms with Crippen molar-refractivity contribution < 1.29 is 9.59 Å². The van der Waals surface area contributed by atoms with E-state index in [9.17, 15) is 9.59 Å². The summed E-state index contributed by atoms with van der Waals surface area (Å²) in [6, 6.07) is 15.2. The van der Waals surface area contributed by atoms with Crippen molar-refractivity contribution in [2.45, 2.75) is 25.7 Å². The SMILES string of the molecule is NC(=O)c1cccc(-c2cn[nH]c2)c1-c1nc(CCC(=O)N2CCCC2)cn1-c1ccccc1. The topological polar surface area (TPSA) is 110 Å². The summed E-state index contributed by atoms with van der Waals surface area (Å²) in [6.07, 6.45) is 8.47. The van der Waals surface area contributed by atoms with Crippen molar-refractivity contribution in [1.82, 2.24) is 24.6 Å². The monoisotopic (exact) mass is 454 g/mol. The Morgan fingerprint density at radius 1 is 1.03 bits per heavy atom. The van der Waals surface area contributed by atoms with Gasteiger partial charge in [-0.15, -0.1) is 0 Å². The molecule has 3 N–H and O–H groups in total. The Hall–Kier alpha value is -4.20. The van der Waals surface area contributed by atoms with E-state index in [0.29, 0.717) is 29.8 Å². The average molecular weight is 455 g/mol. The number of hydrogen-bond donors (Lipinski definition) is 2. The Kier molecular flexibility index (Phi) is 5.95. The Bertz CT molecular complexity index is 1300. The maximum absolute atomic E-state index is 12.6. The van der Waals surface area contributed by atoms with Crippen molar-refractivity contribution in [2.24, 2.45) is 5.73 Å². The predicted octanol–water partition coefficient (Wildman–Crippen LogP) is 3.58. The fourth-order valence-electron chi connectivity index (χ4n) is 4.51. The molecule has 2 aromatic heterocycles. The minimum Gasteiger partial charge on any atom is -0.366 e. The quantitative estimate of drug-likeness (QED) is 0.445. The molecule has 0 spiro atoms. The third-order valence-electron chi connectivity index (χ3n) is 6.21. The minimum absolute atomic E-state index is 0.157. The second-order valence-corrected chi connectivity index (χ2v) is 8.43. The van der Waals surface area contributed by atoms with Crippen molar-refractivity contribution in [3.05, 3.63) is 78.4 Å². The molecule has 1 aliphatic rings. The number of aryl methyl sites for hydroxylation is 1.